The number of halogens is 1. The van der Waals surface area contributed by atoms with E-state index in [0.29, 0.717) is 23.8 Å². The summed E-state index contributed by atoms with van der Waals surface area (Å²) in [7, 11) is 0. The Morgan fingerprint density at radius 3 is 2.48 bits per heavy atom. The normalized spacial score (nSPS) is 14.6. The number of carbonyl (C=O) groups excluding carboxylic acids is 1. The second kappa shape index (κ2) is 8.47. The third-order valence-electron chi connectivity index (χ3n) is 4.29. The molecule has 27 heavy (non-hydrogen) atoms. The zero-order chi connectivity index (χ0) is 19.2. The van der Waals surface area contributed by atoms with E-state index in [4.69, 9.17) is 11.6 Å². The van der Waals surface area contributed by atoms with Gasteiger partial charge in [-0.2, -0.15) is 5.26 Å². The van der Waals surface area contributed by atoms with Crippen LogP contribution in [0.25, 0.3) is 0 Å². The lowest BCUT2D eigenvalue weighted by atomic mass is 10.2. The van der Waals surface area contributed by atoms with Crippen molar-refractivity contribution < 1.29 is 9.90 Å². The lowest BCUT2D eigenvalue weighted by Crippen LogP contribution is -2.44. The van der Waals surface area contributed by atoms with E-state index < -0.39 is 5.91 Å². The molecule has 138 valence electrons. The highest BCUT2D eigenvalue weighted by Crippen LogP contribution is 2.21. The van der Waals surface area contributed by atoms with Crippen molar-refractivity contribution in [1.29, 1.82) is 5.26 Å². The van der Waals surface area contributed by atoms with Crippen LogP contribution in [0, 0.1) is 11.3 Å². The molecule has 0 atom stereocenters. The molecular formula is C20H19ClN4O2. The summed E-state index contributed by atoms with van der Waals surface area (Å²) in [5.74, 6) is -0.359. The van der Waals surface area contributed by atoms with Gasteiger partial charge in [0.2, 0.25) is 0 Å². The molecule has 1 heterocycles. The average molecular weight is 383 g/mol. The predicted octanol–water partition coefficient (Wildman–Crippen LogP) is 3.21. The van der Waals surface area contributed by atoms with E-state index in [1.54, 1.807) is 18.3 Å². The zero-order valence-corrected chi connectivity index (χ0v) is 15.4. The SMILES string of the molecule is N#C/C(=C/N1CCN(c2cccc(Cl)c2)CC1)C(=O)Nc1ccc(O)cc1. The number of phenolic OH excluding ortho intramolecular Hbond substituents is 1. The molecule has 1 amide bonds. The van der Waals surface area contributed by atoms with Gasteiger partial charge in [0.1, 0.15) is 17.4 Å². The van der Waals surface area contributed by atoms with Gasteiger partial charge in [-0.05, 0) is 42.5 Å². The van der Waals surface area contributed by atoms with E-state index in [1.165, 1.54) is 12.1 Å². The van der Waals surface area contributed by atoms with Crippen LogP contribution < -0.4 is 10.2 Å². The van der Waals surface area contributed by atoms with Gasteiger partial charge < -0.3 is 20.2 Å². The Morgan fingerprint density at radius 2 is 1.85 bits per heavy atom. The molecule has 0 unspecified atom stereocenters. The molecule has 1 saturated heterocycles. The van der Waals surface area contributed by atoms with E-state index >= 15 is 0 Å². The number of anilines is 2. The van der Waals surface area contributed by atoms with Crippen molar-refractivity contribution in [2.24, 2.45) is 0 Å². The Labute approximate surface area is 162 Å². The topological polar surface area (TPSA) is 79.6 Å². The molecule has 7 heteroatoms. The van der Waals surface area contributed by atoms with E-state index in [-0.39, 0.29) is 11.3 Å². The first-order valence-corrected chi connectivity index (χ1v) is 8.90. The third-order valence-corrected chi connectivity index (χ3v) is 4.52. The minimum Gasteiger partial charge on any atom is -0.508 e. The number of aromatic hydroxyl groups is 1. The Morgan fingerprint density at radius 1 is 1.15 bits per heavy atom. The monoisotopic (exact) mass is 382 g/mol. The molecule has 2 aromatic carbocycles. The molecule has 1 aliphatic heterocycles. The van der Waals surface area contributed by atoms with E-state index in [1.807, 2.05) is 35.2 Å². The number of carbonyl (C=O) groups is 1. The highest BCUT2D eigenvalue weighted by atomic mass is 35.5. The van der Waals surface area contributed by atoms with Crippen LogP contribution in [-0.4, -0.2) is 42.1 Å². The number of nitrogens with one attached hydrogen (secondary N) is 1. The molecule has 2 N–H and O–H groups in total. The van der Waals surface area contributed by atoms with Gasteiger partial charge in [-0.1, -0.05) is 17.7 Å². The van der Waals surface area contributed by atoms with Gasteiger partial charge in [0, 0.05) is 48.8 Å². The quantitative estimate of drug-likeness (QED) is 0.482. The van der Waals surface area contributed by atoms with Gasteiger partial charge in [0.25, 0.3) is 5.91 Å². The highest BCUT2D eigenvalue weighted by Gasteiger charge is 2.18. The Bertz CT molecular complexity index is 882. The van der Waals surface area contributed by atoms with E-state index in [0.717, 1.165) is 18.8 Å². The van der Waals surface area contributed by atoms with Gasteiger partial charge in [0.05, 0.1) is 0 Å². The molecule has 1 fully saturated rings. The molecule has 3 rings (SSSR count). The molecule has 0 bridgehead atoms. The largest absolute Gasteiger partial charge is 0.508 e. The predicted molar refractivity (Wildman–Crippen MR) is 106 cm³/mol. The van der Waals surface area contributed by atoms with Crippen molar-refractivity contribution in [3.05, 3.63) is 65.3 Å². The fourth-order valence-corrected chi connectivity index (χ4v) is 3.03. The minimum absolute atomic E-state index is 0.0410. The van der Waals surface area contributed by atoms with Gasteiger partial charge in [-0.3, -0.25) is 4.79 Å². The van der Waals surface area contributed by atoms with Crippen molar-refractivity contribution >= 4 is 28.9 Å². The maximum Gasteiger partial charge on any atom is 0.267 e. The number of hydrogen-bond acceptors (Lipinski definition) is 5. The molecular weight excluding hydrogens is 364 g/mol. The molecule has 0 saturated carbocycles. The molecule has 1 aliphatic rings. The van der Waals surface area contributed by atoms with Crippen molar-refractivity contribution in [1.82, 2.24) is 4.90 Å². The number of benzene rings is 2. The summed E-state index contributed by atoms with van der Waals surface area (Å²) in [6, 6.07) is 15.8. The Kier molecular flexibility index (Phi) is 5.84. The smallest absolute Gasteiger partial charge is 0.267 e. The summed E-state index contributed by atoms with van der Waals surface area (Å²) >= 11 is 6.05. The maximum atomic E-state index is 12.3. The first-order valence-electron chi connectivity index (χ1n) is 8.52. The number of nitriles is 1. The van der Waals surface area contributed by atoms with E-state index in [9.17, 15) is 15.2 Å². The van der Waals surface area contributed by atoms with Gasteiger partial charge in [-0.25, -0.2) is 0 Å². The van der Waals surface area contributed by atoms with Crippen LogP contribution in [-0.2, 0) is 4.79 Å². The number of nitrogens with zero attached hydrogens (tertiary/aromatic N) is 3. The summed E-state index contributed by atoms with van der Waals surface area (Å²) in [5.41, 5.74) is 1.63. The fourth-order valence-electron chi connectivity index (χ4n) is 2.85. The number of piperazine rings is 1. The van der Waals surface area contributed by atoms with Crippen molar-refractivity contribution in [3.8, 4) is 11.8 Å². The van der Waals surface area contributed by atoms with Crippen LogP contribution >= 0.6 is 11.6 Å². The van der Waals surface area contributed by atoms with Crippen molar-refractivity contribution in [2.45, 2.75) is 0 Å². The van der Waals surface area contributed by atoms with Crippen LogP contribution in [0.15, 0.2) is 60.3 Å². The van der Waals surface area contributed by atoms with Gasteiger partial charge in [-0.15, -0.1) is 0 Å². The third kappa shape index (κ3) is 4.93. The fraction of sp³-hybridized carbons (Fsp3) is 0.200. The van der Waals surface area contributed by atoms with Crippen LogP contribution in [0.5, 0.6) is 5.75 Å². The lowest BCUT2D eigenvalue weighted by molar-refractivity contribution is -0.112. The standard InChI is InChI=1S/C20H19ClN4O2/c21-16-2-1-3-18(12-16)25-10-8-24(9-11-25)14-15(13-22)20(27)23-17-4-6-19(26)7-5-17/h1-7,12,14,26H,8-11H2,(H,23,27)/b15-14-. The Hall–Kier alpha value is -3.17. The van der Waals surface area contributed by atoms with Crippen LogP contribution in [0.1, 0.15) is 0 Å². The average Bonchev–Trinajstić information content (AvgIpc) is 2.68. The molecule has 0 aliphatic carbocycles. The van der Waals surface area contributed by atoms with Crippen molar-refractivity contribution in [3.63, 3.8) is 0 Å². The number of rotatable bonds is 4. The summed E-state index contributed by atoms with van der Waals surface area (Å²) < 4.78 is 0. The highest BCUT2D eigenvalue weighted by molar-refractivity contribution is 6.30. The zero-order valence-electron chi connectivity index (χ0n) is 14.6. The molecule has 6 nitrogen and oxygen atoms in total. The summed E-state index contributed by atoms with van der Waals surface area (Å²) in [6.45, 7) is 2.94. The van der Waals surface area contributed by atoms with Gasteiger partial charge >= 0.3 is 0 Å². The molecule has 2 aromatic rings. The van der Waals surface area contributed by atoms with Crippen molar-refractivity contribution in [2.75, 3.05) is 36.4 Å². The molecule has 0 radical (unpaired) electrons. The summed E-state index contributed by atoms with van der Waals surface area (Å²) in [6.07, 6.45) is 1.60. The van der Waals surface area contributed by atoms with E-state index in [2.05, 4.69) is 10.2 Å². The molecule has 0 spiro atoms. The van der Waals surface area contributed by atoms with Crippen LogP contribution in [0.4, 0.5) is 11.4 Å². The Balaban J connectivity index is 1.60. The van der Waals surface area contributed by atoms with Crippen LogP contribution in [0.2, 0.25) is 5.02 Å². The number of hydrogen-bond donors (Lipinski definition) is 2. The minimum atomic E-state index is -0.472. The summed E-state index contributed by atoms with van der Waals surface area (Å²) in [5, 5.41) is 22.0. The maximum absolute atomic E-state index is 12.3. The first kappa shape index (κ1) is 18.6. The lowest BCUT2D eigenvalue weighted by Gasteiger charge is -2.35. The second-order valence-corrected chi connectivity index (χ2v) is 6.59. The number of phenols is 1. The van der Waals surface area contributed by atoms with Crippen LogP contribution in [0.3, 0.4) is 0 Å². The van der Waals surface area contributed by atoms with Gasteiger partial charge in [0.15, 0.2) is 0 Å². The second-order valence-electron chi connectivity index (χ2n) is 6.16. The first-order chi connectivity index (χ1) is 13.0. The molecule has 0 aromatic heterocycles. The number of amides is 1. The summed E-state index contributed by atoms with van der Waals surface area (Å²) in [4.78, 5) is 16.5.